The van der Waals surface area contributed by atoms with E-state index in [2.05, 4.69) is 31.0 Å². The summed E-state index contributed by atoms with van der Waals surface area (Å²) in [6, 6.07) is 9.32. The number of nitrogens with one attached hydrogen (secondary N) is 1. The Bertz CT molecular complexity index is 1190. The normalized spacial score (nSPS) is 21.9. The number of amides is 2. The Kier molecular flexibility index (Phi) is 8.48. The van der Waals surface area contributed by atoms with E-state index in [0.717, 1.165) is 30.0 Å². The van der Waals surface area contributed by atoms with Crippen LogP contribution in [0.15, 0.2) is 36.4 Å². The summed E-state index contributed by atoms with van der Waals surface area (Å²) in [5, 5.41) is 3.58. The van der Waals surface area contributed by atoms with Gasteiger partial charge in [-0.05, 0) is 81.3 Å². The van der Waals surface area contributed by atoms with Crippen molar-refractivity contribution >= 4 is 23.4 Å². The van der Waals surface area contributed by atoms with Crippen LogP contribution in [0.5, 0.6) is 0 Å². The van der Waals surface area contributed by atoms with Gasteiger partial charge in [0.1, 0.15) is 11.6 Å². The van der Waals surface area contributed by atoms with Crippen molar-refractivity contribution in [2.75, 3.05) is 26.2 Å². The van der Waals surface area contributed by atoms with Crippen molar-refractivity contribution in [1.82, 2.24) is 15.1 Å². The van der Waals surface area contributed by atoms with Gasteiger partial charge in [0.25, 0.3) is 0 Å². The van der Waals surface area contributed by atoms with E-state index in [-0.39, 0.29) is 35.2 Å². The van der Waals surface area contributed by atoms with Gasteiger partial charge in [0.05, 0.1) is 12.0 Å². The van der Waals surface area contributed by atoms with Gasteiger partial charge in [-0.15, -0.1) is 0 Å². The molecule has 2 fully saturated rings. The van der Waals surface area contributed by atoms with E-state index >= 15 is 0 Å². The van der Waals surface area contributed by atoms with E-state index in [4.69, 9.17) is 11.6 Å². The Morgan fingerprint density at radius 3 is 2.29 bits per heavy atom. The number of hydrogen-bond donors (Lipinski definition) is 1. The number of piperidine rings is 1. The lowest BCUT2D eigenvalue weighted by Gasteiger charge is -2.36. The van der Waals surface area contributed by atoms with Crippen LogP contribution in [0.1, 0.15) is 82.0 Å². The summed E-state index contributed by atoms with van der Waals surface area (Å²) >= 11 is 6.28. The zero-order valence-corrected chi connectivity index (χ0v) is 23.6. The molecule has 8 heteroatoms. The Morgan fingerprint density at radius 2 is 1.68 bits per heavy atom. The molecule has 2 aromatic carbocycles. The summed E-state index contributed by atoms with van der Waals surface area (Å²) in [4.78, 5) is 29.7. The van der Waals surface area contributed by atoms with Crippen LogP contribution < -0.4 is 5.32 Å². The highest BCUT2D eigenvalue weighted by Crippen LogP contribution is 2.40. The third-order valence-electron chi connectivity index (χ3n) is 8.13. The number of benzene rings is 2. The maximum absolute atomic E-state index is 14.8. The maximum Gasteiger partial charge on any atom is 0.227 e. The largest absolute Gasteiger partial charge is 0.350 e. The summed E-state index contributed by atoms with van der Waals surface area (Å²) in [5.41, 5.74) is 2.38. The van der Waals surface area contributed by atoms with Crippen LogP contribution in [0.3, 0.4) is 0 Å². The molecule has 2 heterocycles. The number of nitrogens with zero attached hydrogens (tertiary/aromatic N) is 2. The van der Waals surface area contributed by atoms with Crippen molar-refractivity contribution in [3.8, 4) is 0 Å². The van der Waals surface area contributed by atoms with Crippen molar-refractivity contribution in [2.24, 2.45) is 5.92 Å². The van der Waals surface area contributed by atoms with Gasteiger partial charge in [0.15, 0.2) is 0 Å². The Labute approximate surface area is 229 Å². The molecule has 2 saturated heterocycles. The molecule has 4 rings (SSSR count). The lowest BCUT2D eigenvalue weighted by atomic mass is 9.83. The quantitative estimate of drug-likeness (QED) is 0.499. The molecule has 5 nitrogen and oxygen atoms in total. The molecule has 2 amide bonds. The van der Waals surface area contributed by atoms with Crippen molar-refractivity contribution in [2.45, 2.75) is 70.9 Å². The molecule has 3 atom stereocenters. The highest BCUT2D eigenvalue weighted by Gasteiger charge is 2.44. The zero-order chi connectivity index (χ0) is 27.8. The lowest BCUT2D eigenvalue weighted by Crippen LogP contribution is -2.44. The second-order valence-electron chi connectivity index (χ2n) is 11.7. The summed E-state index contributed by atoms with van der Waals surface area (Å²) in [6.07, 6.45) is 1.58. The third-order valence-corrected chi connectivity index (χ3v) is 8.36. The van der Waals surface area contributed by atoms with Gasteiger partial charge in [-0.1, -0.05) is 23.7 Å². The first-order chi connectivity index (χ1) is 17.8. The summed E-state index contributed by atoms with van der Waals surface area (Å²) in [6.45, 7) is 12.0. The molecular formula is C30H38ClF2N3O2. The highest BCUT2D eigenvalue weighted by atomic mass is 35.5. The molecule has 206 valence electrons. The van der Waals surface area contributed by atoms with Crippen LogP contribution in [0.2, 0.25) is 5.02 Å². The molecule has 0 unspecified atom stereocenters. The average molecular weight is 546 g/mol. The van der Waals surface area contributed by atoms with Crippen LogP contribution in [0, 0.1) is 17.6 Å². The Balaban J connectivity index is 1.51. The molecule has 0 aliphatic carbocycles. The topological polar surface area (TPSA) is 52.7 Å². The van der Waals surface area contributed by atoms with Gasteiger partial charge in [0, 0.05) is 55.6 Å². The van der Waals surface area contributed by atoms with E-state index in [1.165, 1.54) is 19.1 Å². The molecule has 2 aliphatic rings. The van der Waals surface area contributed by atoms with Crippen LogP contribution >= 0.6 is 11.6 Å². The molecule has 0 bridgehead atoms. The molecule has 1 N–H and O–H groups in total. The predicted octanol–water partition coefficient (Wildman–Crippen LogP) is 6.04. The minimum Gasteiger partial charge on any atom is -0.350 e. The number of rotatable bonds is 5. The van der Waals surface area contributed by atoms with Gasteiger partial charge in [-0.25, -0.2) is 8.78 Å². The molecule has 0 radical (unpaired) electrons. The predicted molar refractivity (Wildman–Crippen MR) is 146 cm³/mol. The summed E-state index contributed by atoms with van der Waals surface area (Å²) < 4.78 is 28.5. The van der Waals surface area contributed by atoms with Crippen LogP contribution in [0.4, 0.5) is 8.78 Å². The van der Waals surface area contributed by atoms with E-state index in [1.54, 1.807) is 0 Å². The third kappa shape index (κ3) is 6.20. The zero-order valence-electron chi connectivity index (χ0n) is 22.9. The van der Waals surface area contributed by atoms with Gasteiger partial charge in [0.2, 0.25) is 11.8 Å². The van der Waals surface area contributed by atoms with Crippen LogP contribution in [0.25, 0.3) is 0 Å². The van der Waals surface area contributed by atoms with Crippen molar-refractivity contribution in [3.05, 3.63) is 69.7 Å². The molecule has 0 saturated carbocycles. The summed E-state index contributed by atoms with van der Waals surface area (Å²) in [5.74, 6) is -1.76. The maximum atomic E-state index is 14.8. The molecule has 38 heavy (non-hydrogen) atoms. The van der Waals surface area contributed by atoms with Gasteiger partial charge >= 0.3 is 0 Å². The SMILES string of the molecule is CC(=O)N[C@@H](C)c1cc(Cl)ccc1C1CCN(C(=O)[C@@H]2CN(C(C)(C)C)C[C@H]2c2ccc(F)cc2F)CC1. The molecular weight excluding hydrogens is 508 g/mol. The van der Waals surface area contributed by atoms with E-state index < -0.39 is 17.6 Å². The fourth-order valence-corrected chi connectivity index (χ4v) is 6.22. The average Bonchev–Trinajstić information content (AvgIpc) is 3.29. The van der Waals surface area contributed by atoms with Gasteiger partial charge in [-0.3, -0.25) is 14.5 Å². The van der Waals surface area contributed by atoms with Gasteiger partial charge in [-0.2, -0.15) is 0 Å². The second kappa shape index (κ2) is 11.3. The fraction of sp³-hybridized carbons (Fsp3) is 0.533. The first kappa shape index (κ1) is 28.5. The molecule has 2 aromatic rings. The monoisotopic (exact) mass is 545 g/mol. The Hall–Kier alpha value is -2.51. The minimum absolute atomic E-state index is 0.0341. The van der Waals surface area contributed by atoms with E-state index in [9.17, 15) is 18.4 Å². The number of hydrogen-bond acceptors (Lipinski definition) is 3. The molecule has 0 spiro atoms. The first-order valence-corrected chi connectivity index (χ1v) is 13.8. The van der Waals surface area contributed by atoms with Crippen LogP contribution in [-0.2, 0) is 9.59 Å². The van der Waals surface area contributed by atoms with Crippen molar-refractivity contribution < 1.29 is 18.4 Å². The van der Waals surface area contributed by atoms with E-state index in [1.807, 2.05) is 30.0 Å². The lowest BCUT2D eigenvalue weighted by molar-refractivity contribution is -0.136. The second-order valence-corrected chi connectivity index (χ2v) is 12.2. The highest BCUT2D eigenvalue weighted by molar-refractivity contribution is 6.30. The number of carbonyl (C=O) groups is 2. The van der Waals surface area contributed by atoms with Gasteiger partial charge < -0.3 is 10.2 Å². The number of likely N-dealkylation sites (tertiary alicyclic amines) is 2. The van der Waals surface area contributed by atoms with E-state index in [0.29, 0.717) is 36.8 Å². The fourth-order valence-electron chi connectivity index (χ4n) is 6.04. The standard InChI is InChI=1S/C30H38ClF2N3O2/c1-18(34-19(2)37)25-14-21(31)6-8-23(25)20-10-12-35(13-11-20)29(38)27-17-36(30(3,4)5)16-26(27)24-9-7-22(32)15-28(24)33/h6-9,14-15,18,20,26-27H,10-13,16-17H2,1-5H3,(H,34,37)/t18-,26-,27+/m0/s1. The number of carbonyl (C=O) groups excluding carboxylic acids is 2. The number of halogens is 3. The van der Waals surface area contributed by atoms with Crippen molar-refractivity contribution in [1.29, 1.82) is 0 Å². The van der Waals surface area contributed by atoms with Crippen molar-refractivity contribution in [3.63, 3.8) is 0 Å². The molecule has 2 aliphatic heterocycles. The minimum atomic E-state index is -0.615. The van der Waals surface area contributed by atoms with Crippen LogP contribution in [-0.4, -0.2) is 53.3 Å². The summed E-state index contributed by atoms with van der Waals surface area (Å²) in [7, 11) is 0. The molecule has 0 aromatic heterocycles. The smallest absolute Gasteiger partial charge is 0.227 e. The first-order valence-electron chi connectivity index (χ1n) is 13.4. The Morgan fingerprint density at radius 1 is 1.03 bits per heavy atom.